The second-order valence-corrected chi connectivity index (χ2v) is 4.75. The summed E-state index contributed by atoms with van der Waals surface area (Å²) in [4.78, 5) is 4.46. The van der Waals surface area contributed by atoms with E-state index in [0.717, 1.165) is 17.1 Å². The van der Waals surface area contributed by atoms with Gasteiger partial charge in [0.05, 0.1) is 17.1 Å². The summed E-state index contributed by atoms with van der Waals surface area (Å²) < 4.78 is 2.08. The lowest BCUT2D eigenvalue weighted by Gasteiger charge is -2.23. The smallest absolute Gasteiger partial charge is 0.116 e. The molecule has 0 radical (unpaired) electrons. The molecule has 0 atom stereocenters. The van der Waals surface area contributed by atoms with E-state index in [9.17, 15) is 0 Å². The molecule has 0 fully saturated rings. The molecule has 0 aliphatic heterocycles. The van der Waals surface area contributed by atoms with Gasteiger partial charge in [-0.15, -0.1) is 0 Å². The van der Waals surface area contributed by atoms with Crippen molar-refractivity contribution >= 4 is 5.69 Å². The molecule has 3 heteroatoms. The van der Waals surface area contributed by atoms with Gasteiger partial charge in [0.15, 0.2) is 0 Å². The molecule has 2 aromatic carbocycles. The van der Waals surface area contributed by atoms with Gasteiger partial charge in [-0.2, -0.15) is 0 Å². The van der Waals surface area contributed by atoms with Crippen LogP contribution in [-0.2, 0) is 0 Å². The van der Waals surface area contributed by atoms with Crippen LogP contribution in [0.25, 0.3) is 11.3 Å². The molecule has 0 aliphatic rings. The van der Waals surface area contributed by atoms with Crippen molar-refractivity contribution in [1.82, 2.24) is 9.66 Å². The minimum atomic E-state index is 1.03. The SMILES string of the molecule is Cc1ncn(N(C)c2ccccc2)c1-c1ccccc1. The molecule has 3 nitrogen and oxygen atoms in total. The molecule has 0 spiro atoms. The van der Waals surface area contributed by atoms with E-state index in [0.29, 0.717) is 0 Å². The summed E-state index contributed by atoms with van der Waals surface area (Å²) in [5.41, 5.74) is 4.45. The third-order valence-corrected chi connectivity index (χ3v) is 3.43. The Labute approximate surface area is 119 Å². The summed E-state index contributed by atoms with van der Waals surface area (Å²) in [6.45, 7) is 2.04. The summed E-state index contributed by atoms with van der Waals surface area (Å²) in [5.74, 6) is 0. The highest BCUT2D eigenvalue weighted by molar-refractivity contribution is 5.63. The molecule has 3 rings (SSSR count). The summed E-state index contributed by atoms with van der Waals surface area (Å²) in [6.07, 6.45) is 1.87. The van der Waals surface area contributed by atoms with Crippen LogP contribution in [0, 0.1) is 6.92 Å². The first-order valence-corrected chi connectivity index (χ1v) is 6.66. The molecule has 0 saturated carbocycles. The van der Waals surface area contributed by atoms with Crippen LogP contribution in [0.3, 0.4) is 0 Å². The molecule has 0 saturated heterocycles. The van der Waals surface area contributed by atoms with Gasteiger partial charge in [-0.1, -0.05) is 48.5 Å². The highest BCUT2D eigenvalue weighted by Crippen LogP contribution is 2.25. The zero-order valence-corrected chi connectivity index (χ0v) is 11.7. The van der Waals surface area contributed by atoms with E-state index >= 15 is 0 Å². The molecule has 0 bridgehead atoms. The van der Waals surface area contributed by atoms with Crippen LogP contribution in [0.5, 0.6) is 0 Å². The van der Waals surface area contributed by atoms with Crippen molar-refractivity contribution in [3.05, 3.63) is 72.7 Å². The second kappa shape index (κ2) is 5.21. The predicted molar refractivity (Wildman–Crippen MR) is 82.6 cm³/mol. The van der Waals surface area contributed by atoms with Crippen LogP contribution in [0.2, 0.25) is 0 Å². The Morgan fingerprint density at radius 2 is 1.50 bits per heavy atom. The first kappa shape index (κ1) is 12.5. The van der Waals surface area contributed by atoms with Crippen molar-refractivity contribution in [2.24, 2.45) is 0 Å². The molecule has 20 heavy (non-hydrogen) atoms. The standard InChI is InChI=1S/C17H17N3/c1-14-17(15-9-5-3-6-10-15)20(13-18-14)19(2)16-11-7-4-8-12-16/h3-13H,1-2H3. The quantitative estimate of drug-likeness (QED) is 0.717. The van der Waals surface area contributed by atoms with Gasteiger partial charge in [0.1, 0.15) is 6.33 Å². The van der Waals surface area contributed by atoms with E-state index in [1.54, 1.807) is 0 Å². The Morgan fingerprint density at radius 3 is 2.15 bits per heavy atom. The summed E-state index contributed by atoms with van der Waals surface area (Å²) >= 11 is 0. The van der Waals surface area contributed by atoms with E-state index in [1.807, 2.05) is 44.6 Å². The Hall–Kier alpha value is -2.55. The number of hydrogen-bond acceptors (Lipinski definition) is 2. The van der Waals surface area contributed by atoms with Gasteiger partial charge in [-0.25, -0.2) is 9.66 Å². The van der Waals surface area contributed by atoms with Crippen LogP contribution in [-0.4, -0.2) is 16.7 Å². The van der Waals surface area contributed by atoms with Crippen LogP contribution in [0.4, 0.5) is 5.69 Å². The molecule has 100 valence electrons. The lowest BCUT2D eigenvalue weighted by molar-refractivity contribution is 0.779. The summed E-state index contributed by atoms with van der Waals surface area (Å²) in [6, 6.07) is 20.6. The number of anilines is 1. The number of hydrogen-bond donors (Lipinski definition) is 0. The zero-order valence-electron chi connectivity index (χ0n) is 11.7. The number of para-hydroxylation sites is 1. The molecule has 1 heterocycles. The average molecular weight is 263 g/mol. The molecule has 0 N–H and O–H groups in total. The first-order chi connectivity index (χ1) is 9.77. The Bertz CT molecular complexity index is 687. The number of imidazole rings is 1. The third kappa shape index (κ3) is 2.18. The number of aromatic nitrogens is 2. The molecule has 1 aromatic heterocycles. The lowest BCUT2D eigenvalue weighted by Crippen LogP contribution is -2.24. The largest absolute Gasteiger partial charge is 0.283 e. The van der Waals surface area contributed by atoms with E-state index in [1.165, 1.54) is 5.56 Å². The van der Waals surface area contributed by atoms with Crippen molar-refractivity contribution in [3.8, 4) is 11.3 Å². The molecule has 0 aliphatic carbocycles. The zero-order chi connectivity index (χ0) is 13.9. The Morgan fingerprint density at radius 1 is 0.900 bits per heavy atom. The number of benzene rings is 2. The van der Waals surface area contributed by atoms with Gasteiger partial charge in [-0.3, -0.25) is 5.01 Å². The summed E-state index contributed by atoms with van der Waals surface area (Å²) in [5, 5.41) is 2.10. The molecule has 0 amide bonds. The van der Waals surface area contributed by atoms with Crippen LogP contribution < -0.4 is 5.01 Å². The first-order valence-electron chi connectivity index (χ1n) is 6.66. The lowest BCUT2D eigenvalue weighted by atomic mass is 10.1. The van der Waals surface area contributed by atoms with E-state index < -0.39 is 0 Å². The van der Waals surface area contributed by atoms with E-state index in [-0.39, 0.29) is 0 Å². The normalized spacial score (nSPS) is 10.5. The highest BCUT2D eigenvalue weighted by Gasteiger charge is 2.13. The van der Waals surface area contributed by atoms with Crippen molar-refractivity contribution in [2.45, 2.75) is 6.92 Å². The van der Waals surface area contributed by atoms with Crippen molar-refractivity contribution in [1.29, 1.82) is 0 Å². The monoisotopic (exact) mass is 263 g/mol. The van der Waals surface area contributed by atoms with Gasteiger partial charge < -0.3 is 0 Å². The minimum absolute atomic E-state index is 1.03. The Kier molecular flexibility index (Phi) is 3.25. The maximum atomic E-state index is 4.46. The third-order valence-electron chi connectivity index (χ3n) is 3.43. The van der Waals surface area contributed by atoms with Crippen molar-refractivity contribution in [3.63, 3.8) is 0 Å². The van der Waals surface area contributed by atoms with Gasteiger partial charge in [0.25, 0.3) is 0 Å². The fourth-order valence-corrected chi connectivity index (χ4v) is 2.36. The molecular formula is C17H17N3. The molecule has 0 unspecified atom stereocenters. The van der Waals surface area contributed by atoms with E-state index in [2.05, 4.69) is 51.1 Å². The topological polar surface area (TPSA) is 21.1 Å². The maximum Gasteiger partial charge on any atom is 0.116 e. The second-order valence-electron chi connectivity index (χ2n) is 4.75. The van der Waals surface area contributed by atoms with Gasteiger partial charge in [0, 0.05) is 12.6 Å². The minimum Gasteiger partial charge on any atom is -0.283 e. The van der Waals surface area contributed by atoms with Crippen LogP contribution in [0.15, 0.2) is 67.0 Å². The number of nitrogens with zero attached hydrogens (tertiary/aromatic N) is 3. The van der Waals surface area contributed by atoms with Crippen molar-refractivity contribution < 1.29 is 0 Å². The van der Waals surface area contributed by atoms with Crippen LogP contribution in [0.1, 0.15) is 5.69 Å². The Balaban J connectivity index is 2.08. The fourth-order valence-electron chi connectivity index (χ4n) is 2.36. The van der Waals surface area contributed by atoms with Crippen LogP contribution >= 0.6 is 0 Å². The molecular weight excluding hydrogens is 246 g/mol. The average Bonchev–Trinajstić information content (AvgIpc) is 2.90. The molecule has 3 aromatic rings. The van der Waals surface area contributed by atoms with Gasteiger partial charge in [0.2, 0.25) is 0 Å². The van der Waals surface area contributed by atoms with Gasteiger partial charge >= 0.3 is 0 Å². The maximum absolute atomic E-state index is 4.46. The predicted octanol–water partition coefficient (Wildman–Crippen LogP) is 3.76. The van der Waals surface area contributed by atoms with E-state index in [4.69, 9.17) is 0 Å². The number of aryl methyl sites for hydroxylation is 1. The highest BCUT2D eigenvalue weighted by atomic mass is 15.5. The summed E-state index contributed by atoms with van der Waals surface area (Å²) in [7, 11) is 2.04. The fraction of sp³-hybridized carbons (Fsp3) is 0.118. The van der Waals surface area contributed by atoms with Crippen molar-refractivity contribution in [2.75, 3.05) is 12.1 Å². The van der Waals surface area contributed by atoms with Gasteiger partial charge in [-0.05, 0) is 19.1 Å². The number of rotatable bonds is 3.